The molecule has 13 heteroatoms. The molecule has 2 amide bonds. The molecule has 2 fully saturated rings. The van der Waals surface area contributed by atoms with E-state index in [1.54, 1.807) is 68.5 Å². The Hall–Kier alpha value is -4.85. The van der Waals surface area contributed by atoms with Gasteiger partial charge in [-0.3, -0.25) is 9.59 Å². The number of carbonyl (C=O) groups is 5. The van der Waals surface area contributed by atoms with Gasteiger partial charge in [0.05, 0.1) is 12.2 Å². The van der Waals surface area contributed by atoms with Crippen molar-refractivity contribution in [3.05, 3.63) is 88.5 Å². The Balaban J connectivity index is 1.29. The van der Waals surface area contributed by atoms with Crippen molar-refractivity contribution in [2.24, 2.45) is 5.41 Å². The van der Waals surface area contributed by atoms with E-state index in [1.807, 2.05) is 0 Å². The van der Waals surface area contributed by atoms with Gasteiger partial charge < -0.3 is 39.4 Å². The number of nitrogens with one attached hydrogen (secondary N) is 2. The van der Waals surface area contributed by atoms with E-state index in [2.05, 4.69) is 24.5 Å². The number of aliphatic hydroxyl groups excluding tert-OH is 1. The first kappa shape index (κ1) is 43.3. The molecule has 57 heavy (non-hydrogen) atoms. The summed E-state index contributed by atoms with van der Waals surface area (Å²) in [7, 11) is 0. The van der Waals surface area contributed by atoms with Gasteiger partial charge in [-0.2, -0.15) is 0 Å². The van der Waals surface area contributed by atoms with Crippen LogP contribution in [0.3, 0.4) is 0 Å². The highest BCUT2D eigenvalue weighted by Gasteiger charge is 2.52. The molecule has 1 aliphatic carbocycles. The average Bonchev–Trinajstić information content (AvgIpc) is 3.70. The number of unbranched alkanes of at least 4 members (excludes halogenated alkanes) is 4. The fourth-order valence-corrected chi connectivity index (χ4v) is 7.18. The minimum Gasteiger partial charge on any atom is -0.462 e. The number of ether oxygens (including phenoxy) is 5. The van der Waals surface area contributed by atoms with E-state index in [1.165, 1.54) is 12.2 Å². The van der Waals surface area contributed by atoms with Crippen LogP contribution in [0.1, 0.15) is 117 Å². The second-order valence-corrected chi connectivity index (χ2v) is 15.6. The molecule has 2 saturated heterocycles. The van der Waals surface area contributed by atoms with Crippen LogP contribution in [0.2, 0.25) is 0 Å². The van der Waals surface area contributed by atoms with Crippen molar-refractivity contribution in [1.29, 1.82) is 0 Å². The molecule has 0 saturated carbocycles. The third kappa shape index (κ3) is 11.6. The summed E-state index contributed by atoms with van der Waals surface area (Å²) in [4.78, 5) is 64.3. The van der Waals surface area contributed by atoms with Gasteiger partial charge in [0.2, 0.25) is 12.0 Å². The van der Waals surface area contributed by atoms with Crippen LogP contribution in [-0.2, 0) is 44.6 Å². The Kier molecular flexibility index (Phi) is 15.2. The number of hydrogen-bond acceptors (Lipinski definition) is 11. The number of carbonyl (C=O) groups excluding carboxylic acids is 5. The van der Waals surface area contributed by atoms with Gasteiger partial charge in [-0.15, -0.1) is 0 Å². The van der Waals surface area contributed by atoms with Gasteiger partial charge in [-0.1, -0.05) is 77.6 Å². The van der Waals surface area contributed by atoms with Crippen LogP contribution in [0.4, 0.5) is 0 Å². The lowest BCUT2D eigenvalue weighted by Crippen LogP contribution is -2.43. The van der Waals surface area contributed by atoms with Crippen molar-refractivity contribution in [2.45, 2.75) is 122 Å². The second-order valence-electron chi connectivity index (χ2n) is 15.6. The molecule has 13 nitrogen and oxygen atoms in total. The van der Waals surface area contributed by atoms with Crippen molar-refractivity contribution in [2.75, 3.05) is 19.8 Å². The molecule has 0 spiro atoms. The molecule has 3 N–H and O–H groups in total. The number of amides is 2. The van der Waals surface area contributed by atoms with E-state index < -0.39 is 53.5 Å². The van der Waals surface area contributed by atoms with Gasteiger partial charge in [0.15, 0.2) is 5.79 Å². The van der Waals surface area contributed by atoms with E-state index in [9.17, 15) is 24.0 Å². The standard InChI is InChI=1S/C44H56N2O11/c1-5-7-9-20-44(21-10-8-6-2)56-35-26-33(40(50)46-27-30-12-11-13-32(24-30)39(49)45-22-23-47)25-34(37(35)57-44)54-41(51)31-17-14-29(15-18-31)16-19-36(48)55-38-42(52)53-28-43(38,3)4/h11-19,24,26,34-35,37-38,47H,5-10,20-23,25,27-28H2,1-4H3,(H,45,49)(H,46,50)/t34-,35-,37+,38+/m1/s1. The Morgan fingerprint density at radius 1 is 0.895 bits per heavy atom. The van der Waals surface area contributed by atoms with Crippen molar-refractivity contribution >= 4 is 35.8 Å². The van der Waals surface area contributed by atoms with Crippen LogP contribution in [0.15, 0.2) is 66.3 Å². The molecule has 0 radical (unpaired) electrons. The van der Waals surface area contributed by atoms with E-state index in [0.717, 1.165) is 38.5 Å². The SMILES string of the molecule is CCCCCC1(CCCCC)O[C@@H]2[C@@H](C=C(C(=O)NCc3cccc(C(=O)NCCO)c3)C[C@H]2OC(=O)c2ccc(C=CC(=O)O[C@H]3C(=O)OCC3(C)C)cc2)O1. The molecule has 0 bridgehead atoms. The Morgan fingerprint density at radius 3 is 2.26 bits per heavy atom. The molecule has 0 unspecified atom stereocenters. The zero-order chi connectivity index (χ0) is 41.0. The van der Waals surface area contributed by atoms with Crippen LogP contribution < -0.4 is 10.6 Å². The van der Waals surface area contributed by atoms with E-state index in [4.69, 9.17) is 28.8 Å². The highest BCUT2D eigenvalue weighted by Crippen LogP contribution is 2.43. The smallest absolute Gasteiger partial charge is 0.348 e. The van der Waals surface area contributed by atoms with E-state index >= 15 is 0 Å². The number of fused-ring (bicyclic) bond motifs is 1. The molecule has 3 aliphatic rings. The number of aliphatic hydroxyl groups is 1. The Labute approximate surface area is 334 Å². The second kappa shape index (κ2) is 20.0. The summed E-state index contributed by atoms with van der Waals surface area (Å²) < 4.78 is 30.0. The maximum absolute atomic E-state index is 13.7. The fourth-order valence-electron chi connectivity index (χ4n) is 7.18. The average molecular weight is 789 g/mol. The highest BCUT2D eigenvalue weighted by molar-refractivity contribution is 5.95. The lowest BCUT2D eigenvalue weighted by atomic mass is 9.90. The van der Waals surface area contributed by atoms with Gasteiger partial charge in [-0.05, 0) is 60.4 Å². The van der Waals surface area contributed by atoms with Crippen LogP contribution in [0, 0.1) is 5.41 Å². The quantitative estimate of drug-likeness (QED) is 0.0686. The van der Waals surface area contributed by atoms with E-state index in [0.29, 0.717) is 35.1 Å². The first-order chi connectivity index (χ1) is 27.4. The van der Waals surface area contributed by atoms with Crippen LogP contribution in [-0.4, -0.2) is 84.8 Å². The summed E-state index contributed by atoms with van der Waals surface area (Å²) in [6, 6.07) is 13.3. The van der Waals surface area contributed by atoms with Gasteiger partial charge in [0.25, 0.3) is 5.91 Å². The predicted octanol–water partition coefficient (Wildman–Crippen LogP) is 5.73. The number of rotatable bonds is 19. The van der Waals surface area contributed by atoms with Gasteiger partial charge in [-0.25, -0.2) is 14.4 Å². The number of hydrogen-bond donors (Lipinski definition) is 3. The number of cyclic esters (lactones) is 1. The minimum atomic E-state index is -0.991. The summed E-state index contributed by atoms with van der Waals surface area (Å²) >= 11 is 0. The third-order valence-electron chi connectivity index (χ3n) is 10.4. The molecule has 2 heterocycles. The minimum absolute atomic E-state index is 0.0972. The van der Waals surface area contributed by atoms with Crippen LogP contribution in [0.5, 0.6) is 0 Å². The summed E-state index contributed by atoms with van der Waals surface area (Å²) in [5.74, 6) is -3.42. The monoisotopic (exact) mass is 788 g/mol. The van der Waals surface area contributed by atoms with Crippen molar-refractivity contribution in [3.8, 4) is 0 Å². The molecule has 2 aromatic rings. The van der Waals surface area contributed by atoms with Gasteiger partial charge in [0, 0.05) is 55.0 Å². The zero-order valence-corrected chi connectivity index (χ0v) is 33.4. The Morgan fingerprint density at radius 2 is 1.61 bits per heavy atom. The number of benzene rings is 2. The molecule has 2 aromatic carbocycles. The third-order valence-corrected chi connectivity index (χ3v) is 10.4. The summed E-state index contributed by atoms with van der Waals surface area (Å²) in [6.07, 6.45) is 8.83. The first-order valence-corrected chi connectivity index (χ1v) is 20.1. The van der Waals surface area contributed by atoms with Gasteiger partial charge >= 0.3 is 17.9 Å². The summed E-state index contributed by atoms with van der Waals surface area (Å²) in [5.41, 5.74) is 1.77. The molecule has 4 atom stereocenters. The van der Waals surface area contributed by atoms with Crippen molar-refractivity contribution in [3.63, 3.8) is 0 Å². The summed E-state index contributed by atoms with van der Waals surface area (Å²) in [5, 5.41) is 14.6. The maximum atomic E-state index is 13.7. The zero-order valence-electron chi connectivity index (χ0n) is 33.4. The molecule has 2 aliphatic heterocycles. The van der Waals surface area contributed by atoms with Crippen LogP contribution >= 0.6 is 0 Å². The normalized spacial score (nSPS) is 22.0. The Bertz CT molecular complexity index is 1790. The lowest BCUT2D eigenvalue weighted by molar-refractivity contribution is -0.190. The number of esters is 3. The first-order valence-electron chi connectivity index (χ1n) is 20.1. The molecule has 0 aromatic heterocycles. The molecule has 308 valence electrons. The highest BCUT2D eigenvalue weighted by atomic mass is 16.8. The predicted molar refractivity (Wildman–Crippen MR) is 210 cm³/mol. The molecule has 5 rings (SSSR count). The topological polar surface area (TPSA) is 176 Å². The summed E-state index contributed by atoms with van der Waals surface area (Å²) in [6.45, 7) is 8.12. The van der Waals surface area contributed by atoms with Crippen molar-refractivity contribution < 1.29 is 52.8 Å². The largest absolute Gasteiger partial charge is 0.462 e. The molecular formula is C44H56N2O11. The van der Waals surface area contributed by atoms with Gasteiger partial charge in [0.1, 0.15) is 24.9 Å². The molecular weight excluding hydrogens is 732 g/mol. The maximum Gasteiger partial charge on any atom is 0.348 e. The fraction of sp³-hybridized carbons (Fsp3) is 0.523. The van der Waals surface area contributed by atoms with Crippen molar-refractivity contribution in [1.82, 2.24) is 10.6 Å². The van der Waals surface area contributed by atoms with Crippen LogP contribution in [0.25, 0.3) is 6.08 Å². The van der Waals surface area contributed by atoms with E-state index in [-0.39, 0.29) is 50.1 Å². The lowest BCUT2D eigenvalue weighted by Gasteiger charge is -2.31.